The number of halogens is 1. The molecule has 6 heteroatoms. The third-order valence-corrected chi connectivity index (χ3v) is 5.11. The molecular formula is C15H16BrN3OS. The van der Waals surface area contributed by atoms with Gasteiger partial charge in [0.05, 0.1) is 15.9 Å². The number of hydrogen-bond donors (Lipinski definition) is 1. The number of aromatic nitrogens is 1. The van der Waals surface area contributed by atoms with Crippen LogP contribution < -0.4 is 10.2 Å². The van der Waals surface area contributed by atoms with Crippen LogP contribution in [-0.4, -0.2) is 24.0 Å². The van der Waals surface area contributed by atoms with Gasteiger partial charge in [-0.15, -0.1) is 11.3 Å². The lowest BCUT2D eigenvalue weighted by molar-refractivity contribution is 0.0951. The molecule has 1 fully saturated rings. The van der Waals surface area contributed by atoms with Crippen LogP contribution in [0.25, 0.3) is 0 Å². The van der Waals surface area contributed by atoms with E-state index in [1.165, 1.54) is 12.8 Å². The van der Waals surface area contributed by atoms with Crippen LogP contribution in [0.1, 0.15) is 28.1 Å². The fourth-order valence-electron chi connectivity index (χ4n) is 2.46. The monoisotopic (exact) mass is 365 g/mol. The number of nitrogens with zero attached hydrogens (tertiary/aromatic N) is 2. The minimum atomic E-state index is -0.0606. The van der Waals surface area contributed by atoms with E-state index < -0.39 is 0 Å². The van der Waals surface area contributed by atoms with Gasteiger partial charge in [0.15, 0.2) is 0 Å². The molecule has 2 aromatic rings. The molecule has 110 valence electrons. The number of carbonyl (C=O) groups is 1. The van der Waals surface area contributed by atoms with Gasteiger partial charge in [-0.05, 0) is 53.0 Å². The third kappa shape index (κ3) is 3.44. The summed E-state index contributed by atoms with van der Waals surface area (Å²) in [6, 6.07) is 7.67. The molecule has 1 aliphatic rings. The summed E-state index contributed by atoms with van der Waals surface area (Å²) in [5.41, 5.74) is 0.662. The Morgan fingerprint density at radius 3 is 2.86 bits per heavy atom. The number of rotatable bonds is 4. The first-order valence-corrected chi connectivity index (χ1v) is 8.57. The standard InChI is InChI=1S/C15H16BrN3OS/c16-13-6-5-11(21-13)10-18-15(20)12-4-3-7-17-14(12)19-8-1-2-9-19/h3-7H,1-2,8-10H2,(H,18,20). The van der Waals surface area contributed by atoms with E-state index in [4.69, 9.17) is 0 Å². The number of anilines is 1. The van der Waals surface area contributed by atoms with E-state index in [1.54, 1.807) is 17.5 Å². The van der Waals surface area contributed by atoms with Crippen molar-refractivity contribution in [3.8, 4) is 0 Å². The molecule has 0 bridgehead atoms. The second-order valence-corrected chi connectivity index (χ2v) is 7.50. The molecular weight excluding hydrogens is 350 g/mol. The van der Waals surface area contributed by atoms with E-state index in [0.29, 0.717) is 12.1 Å². The quantitative estimate of drug-likeness (QED) is 0.902. The van der Waals surface area contributed by atoms with Crippen LogP contribution in [0.4, 0.5) is 5.82 Å². The Kier molecular flexibility index (Phi) is 4.55. The van der Waals surface area contributed by atoms with Gasteiger partial charge in [-0.2, -0.15) is 0 Å². The second-order valence-electron chi connectivity index (χ2n) is 4.96. The molecule has 3 rings (SSSR count). The summed E-state index contributed by atoms with van der Waals surface area (Å²) < 4.78 is 1.07. The van der Waals surface area contributed by atoms with E-state index in [0.717, 1.165) is 27.6 Å². The van der Waals surface area contributed by atoms with Gasteiger partial charge in [0.25, 0.3) is 5.91 Å². The molecule has 1 amide bonds. The molecule has 0 radical (unpaired) electrons. The predicted molar refractivity (Wildman–Crippen MR) is 88.9 cm³/mol. The van der Waals surface area contributed by atoms with Crippen molar-refractivity contribution in [3.05, 3.63) is 44.7 Å². The van der Waals surface area contributed by atoms with Crippen molar-refractivity contribution in [3.63, 3.8) is 0 Å². The van der Waals surface area contributed by atoms with E-state index in [9.17, 15) is 4.79 Å². The summed E-state index contributed by atoms with van der Waals surface area (Å²) in [5, 5.41) is 2.98. The molecule has 0 aromatic carbocycles. The van der Waals surface area contributed by atoms with Gasteiger partial charge in [0.1, 0.15) is 5.82 Å². The Bertz CT molecular complexity index is 637. The smallest absolute Gasteiger partial charge is 0.255 e. The first-order chi connectivity index (χ1) is 10.2. The highest BCUT2D eigenvalue weighted by Gasteiger charge is 2.20. The fourth-order valence-corrected chi connectivity index (χ4v) is 3.89. The third-order valence-electron chi connectivity index (χ3n) is 3.49. The SMILES string of the molecule is O=C(NCc1ccc(Br)s1)c1cccnc1N1CCCC1. The van der Waals surface area contributed by atoms with Gasteiger partial charge in [-0.1, -0.05) is 0 Å². The van der Waals surface area contributed by atoms with Gasteiger partial charge in [-0.25, -0.2) is 4.98 Å². The van der Waals surface area contributed by atoms with Crippen molar-refractivity contribution in [2.24, 2.45) is 0 Å². The summed E-state index contributed by atoms with van der Waals surface area (Å²) in [6.07, 6.45) is 4.09. The summed E-state index contributed by atoms with van der Waals surface area (Å²) in [4.78, 5) is 20.1. The number of thiophene rings is 1. The van der Waals surface area contributed by atoms with Crippen molar-refractivity contribution in [2.75, 3.05) is 18.0 Å². The number of hydrogen-bond acceptors (Lipinski definition) is 4. The Morgan fingerprint density at radius 1 is 1.33 bits per heavy atom. The molecule has 3 heterocycles. The fraction of sp³-hybridized carbons (Fsp3) is 0.333. The molecule has 1 N–H and O–H groups in total. The minimum absolute atomic E-state index is 0.0606. The summed E-state index contributed by atoms with van der Waals surface area (Å²) >= 11 is 5.06. The van der Waals surface area contributed by atoms with Gasteiger partial charge >= 0.3 is 0 Å². The van der Waals surface area contributed by atoms with Gasteiger partial charge < -0.3 is 10.2 Å². The lowest BCUT2D eigenvalue weighted by Gasteiger charge is -2.19. The summed E-state index contributed by atoms with van der Waals surface area (Å²) in [6.45, 7) is 2.51. The molecule has 4 nitrogen and oxygen atoms in total. The molecule has 0 atom stereocenters. The maximum atomic E-state index is 12.4. The topological polar surface area (TPSA) is 45.2 Å². The maximum Gasteiger partial charge on any atom is 0.255 e. The Labute approximate surface area is 136 Å². The Morgan fingerprint density at radius 2 is 2.14 bits per heavy atom. The number of nitrogens with one attached hydrogen (secondary N) is 1. The first-order valence-electron chi connectivity index (χ1n) is 6.96. The van der Waals surface area contributed by atoms with Gasteiger partial charge in [0, 0.05) is 24.2 Å². The van der Waals surface area contributed by atoms with E-state index in [-0.39, 0.29) is 5.91 Å². The van der Waals surface area contributed by atoms with Gasteiger partial charge in [0.2, 0.25) is 0 Å². The molecule has 0 spiro atoms. The molecule has 21 heavy (non-hydrogen) atoms. The zero-order chi connectivity index (χ0) is 14.7. The van der Waals surface area contributed by atoms with E-state index in [1.807, 2.05) is 24.3 Å². The van der Waals surface area contributed by atoms with Crippen LogP contribution >= 0.6 is 27.3 Å². The summed E-state index contributed by atoms with van der Waals surface area (Å²) in [7, 11) is 0. The average Bonchev–Trinajstić information content (AvgIpc) is 3.16. The van der Waals surface area contributed by atoms with Crippen molar-refractivity contribution in [2.45, 2.75) is 19.4 Å². The molecule has 0 aliphatic carbocycles. The van der Waals surface area contributed by atoms with Crippen LogP contribution in [0, 0.1) is 0 Å². The van der Waals surface area contributed by atoms with Crippen molar-refractivity contribution in [1.82, 2.24) is 10.3 Å². The molecule has 2 aromatic heterocycles. The predicted octanol–water partition coefficient (Wildman–Crippen LogP) is 3.44. The number of pyridine rings is 1. The lowest BCUT2D eigenvalue weighted by Crippen LogP contribution is -2.27. The highest BCUT2D eigenvalue weighted by molar-refractivity contribution is 9.11. The molecule has 0 saturated carbocycles. The Balaban J connectivity index is 1.72. The van der Waals surface area contributed by atoms with Crippen LogP contribution in [0.15, 0.2) is 34.2 Å². The summed E-state index contributed by atoms with van der Waals surface area (Å²) in [5.74, 6) is 0.745. The van der Waals surface area contributed by atoms with Crippen LogP contribution in [0.5, 0.6) is 0 Å². The maximum absolute atomic E-state index is 12.4. The molecule has 1 aliphatic heterocycles. The van der Waals surface area contributed by atoms with E-state index in [2.05, 4.69) is 31.1 Å². The van der Waals surface area contributed by atoms with Crippen molar-refractivity contribution >= 4 is 39.0 Å². The van der Waals surface area contributed by atoms with Crippen LogP contribution in [0.2, 0.25) is 0 Å². The van der Waals surface area contributed by atoms with Crippen molar-refractivity contribution < 1.29 is 4.79 Å². The molecule has 1 saturated heterocycles. The number of amides is 1. The second kappa shape index (κ2) is 6.58. The zero-order valence-corrected chi connectivity index (χ0v) is 13.9. The van der Waals surface area contributed by atoms with Crippen LogP contribution in [-0.2, 0) is 6.54 Å². The number of carbonyl (C=O) groups excluding carboxylic acids is 1. The highest BCUT2D eigenvalue weighted by atomic mass is 79.9. The zero-order valence-electron chi connectivity index (χ0n) is 11.5. The van der Waals surface area contributed by atoms with Crippen LogP contribution in [0.3, 0.4) is 0 Å². The largest absolute Gasteiger partial charge is 0.356 e. The van der Waals surface area contributed by atoms with E-state index >= 15 is 0 Å². The normalized spacial score (nSPS) is 14.4. The minimum Gasteiger partial charge on any atom is -0.356 e. The first kappa shape index (κ1) is 14.5. The highest BCUT2D eigenvalue weighted by Crippen LogP contribution is 2.23. The average molecular weight is 366 g/mol. The van der Waals surface area contributed by atoms with Crippen molar-refractivity contribution in [1.29, 1.82) is 0 Å². The lowest BCUT2D eigenvalue weighted by atomic mass is 10.2. The van der Waals surface area contributed by atoms with Gasteiger partial charge in [-0.3, -0.25) is 4.79 Å². The Hall–Kier alpha value is -1.40. The molecule has 0 unspecified atom stereocenters.